The summed E-state index contributed by atoms with van der Waals surface area (Å²) in [5, 5.41) is 2.86. The summed E-state index contributed by atoms with van der Waals surface area (Å²) in [6.07, 6.45) is 1.26. The number of benzene rings is 1. The summed E-state index contributed by atoms with van der Waals surface area (Å²) in [6, 6.07) is 3.74. The molecular formula is C15H23N3O2. The molecule has 0 bridgehead atoms. The van der Waals surface area contributed by atoms with Gasteiger partial charge in [0.05, 0.1) is 5.69 Å². The minimum Gasteiger partial charge on any atom is -0.490 e. The smallest absolute Gasteiger partial charge is 0.224 e. The van der Waals surface area contributed by atoms with E-state index in [9.17, 15) is 4.79 Å². The van der Waals surface area contributed by atoms with E-state index in [0.717, 1.165) is 37.3 Å². The zero-order chi connectivity index (χ0) is 14.5. The molecule has 1 aliphatic rings. The number of hydrogen-bond acceptors (Lipinski definition) is 4. The van der Waals surface area contributed by atoms with Gasteiger partial charge in [0.15, 0.2) is 0 Å². The van der Waals surface area contributed by atoms with E-state index in [1.54, 1.807) is 0 Å². The van der Waals surface area contributed by atoms with Crippen LogP contribution in [0.2, 0.25) is 0 Å². The molecule has 0 radical (unpaired) electrons. The summed E-state index contributed by atoms with van der Waals surface area (Å²) in [5.74, 6) is 0.703. The third-order valence-corrected chi connectivity index (χ3v) is 3.69. The van der Waals surface area contributed by atoms with Gasteiger partial charge in [-0.05, 0) is 31.1 Å². The van der Waals surface area contributed by atoms with Crippen molar-refractivity contribution >= 4 is 17.3 Å². The number of hydrogen-bond donors (Lipinski definition) is 2. The van der Waals surface area contributed by atoms with Crippen molar-refractivity contribution in [3.8, 4) is 5.75 Å². The van der Waals surface area contributed by atoms with E-state index in [1.807, 2.05) is 12.1 Å². The Morgan fingerprint density at radius 3 is 2.75 bits per heavy atom. The normalized spacial score (nSPS) is 14.1. The Bertz CT molecular complexity index is 484. The number of aryl methyl sites for hydroxylation is 1. The molecule has 1 aromatic rings. The maximum Gasteiger partial charge on any atom is 0.224 e. The molecule has 0 aromatic heterocycles. The van der Waals surface area contributed by atoms with E-state index in [1.165, 1.54) is 0 Å². The minimum absolute atomic E-state index is 0.0522. The number of nitrogens with one attached hydrogen (secondary N) is 1. The topological polar surface area (TPSA) is 67.6 Å². The van der Waals surface area contributed by atoms with Crippen LogP contribution in [0.5, 0.6) is 5.75 Å². The lowest BCUT2D eigenvalue weighted by Crippen LogP contribution is -2.28. The van der Waals surface area contributed by atoms with Gasteiger partial charge in [0.2, 0.25) is 5.91 Å². The molecule has 1 heterocycles. The van der Waals surface area contributed by atoms with Crippen molar-refractivity contribution in [2.24, 2.45) is 0 Å². The number of carbonyl (C=O) groups is 1. The number of fused-ring (bicyclic) bond motifs is 1. The van der Waals surface area contributed by atoms with Gasteiger partial charge in [-0.1, -0.05) is 13.8 Å². The van der Waals surface area contributed by atoms with Crippen LogP contribution >= 0.6 is 0 Å². The quantitative estimate of drug-likeness (QED) is 0.779. The fourth-order valence-electron chi connectivity index (χ4n) is 2.38. The molecule has 20 heavy (non-hydrogen) atoms. The molecule has 5 heteroatoms. The summed E-state index contributed by atoms with van der Waals surface area (Å²) in [4.78, 5) is 13.7. The first-order valence-corrected chi connectivity index (χ1v) is 7.21. The van der Waals surface area contributed by atoms with Gasteiger partial charge in [0.1, 0.15) is 12.4 Å². The number of anilines is 2. The molecule has 2 rings (SSSR count). The number of nitrogen functional groups attached to an aromatic ring is 1. The van der Waals surface area contributed by atoms with E-state index in [-0.39, 0.29) is 5.91 Å². The van der Waals surface area contributed by atoms with Crippen LogP contribution in [-0.4, -0.2) is 37.0 Å². The van der Waals surface area contributed by atoms with Gasteiger partial charge in [0.25, 0.3) is 0 Å². The number of ether oxygens (including phenoxy) is 1. The number of nitrogens with two attached hydrogens (primary N) is 1. The van der Waals surface area contributed by atoms with Crippen molar-refractivity contribution in [3.05, 3.63) is 17.7 Å². The summed E-state index contributed by atoms with van der Waals surface area (Å²) in [6.45, 7) is 7.75. The summed E-state index contributed by atoms with van der Waals surface area (Å²) in [5.41, 5.74) is 8.56. The molecule has 110 valence electrons. The zero-order valence-corrected chi connectivity index (χ0v) is 12.2. The monoisotopic (exact) mass is 277 g/mol. The van der Waals surface area contributed by atoms with E-state index >= 15 is 0 Å². The maximum atomic E-state index is 11.4. The van der Waals surface area contributed by atoms with Gasteiger partial charge < -0.3 is 20.7 Å². The zero-order valence-electron chi connectivity index (χ0n) is 12.2. The molecule has 0 atom stereocenters. The Balaban J connectivity index is 2.01. The van der Waals surface area contributed by atoms with Crippen molar-refractivity contribution < 1.29 is 9.53 Å². The number of rotatable bonds is 6. The lowest BCUT2D eigenvalue weighted by molar-refractivity contribution is -0.116. The molecule has 5 nitrogen and oxygen atoms in total. The molecule has 1 amide bonds. The lowest BCUT2D eigenvalue weighted by Gasteiger charge is -2.21. The summed E-state index contributed by atoms with van der Waals surface area (Å²) >= 11 is 0. The van der Waals surface area contributed by atoms with Crippen LogP contribution in [0.25, 0.3) is 0 Å². The highest BCUT2D eigenvalue weighted by Crippen LogP contribution is 2.32. The standard InChI is InChI=1S/C15H23N3O2/c1-3-18(4-2)7-8-20-14-10-13-11(9-12(14)16)5-6-15(19)17-13/h9-10H,3-8,16H2,1-2H3,(H,17,19). The Morgan fingerprint density at radius 2 is 2.05 bits per heavy atom. The number of nitrogens with zero attached hydrogens (tertiary/aromatic N) is 1. The van der Waals surface area contributed by atoms with Crippen LogP contribution in [-0.2, 0) is 11.2 Å². The summed E-state index contributed by atoms with van der Waals surface area (Å²) in [7, 11) is 0. The van der Waals surface area contributed by atoms with E-state index in [4.69, 9.17) is 10.5 Å². The molecule has 0 fully saturated rings. The van der Waals surface area contributed by atoms with Crippen molar-refractivity contribution in [2.75, 3.05) is 37.3 Å². The van der Waals surface area contributed by atoms with Gasteiger partial charge in [-0.15, -0.1) is 0 Å². The number of amides is 1. The molecule has 0 saturated heterocycles. The van der Waals surface area contributed by atoms with Crippen LogP contribution in [0.4, 0.5) is 11.4 Å². The second kappa shape index (κ2) is 6.61. The Labute approximate surface area is 120 Å². The van der Waals surface area contributed by atoms with Crippen LogP contribution in [0.15, 0.2) is 12.1 Å². The van der Waals surface area contributed by atoms with Crippen molar-refractivity contribution in [1.29, 1.82) is 0 Å². The summed E-state index contributed by atoms with van der Waals surface area (Å²) < 4.78 is 5.75. The van der Waals surface area contributed by atoms with Crippen LogP contribution < -0.4 is 15.8 Å². The van der Waals surface area contributed by atoms with Crippen molar-refractivity contribution in [2.45, 2.75) is 26.7 Å². The molecule has 1 aliphatic heterocycles. The predicted molar refractivity (Wildman–Crippen MR) is 81.1 cm³/mol. The van der Waals surface area contributed by atoms with Gasteiger partial charge in [-0.25, -0.2) is 0 Å². The predicted octanol–water partition coefficient (Wildman–Crippen LogP) is 1.87. The lowest BCUT2D eigenvalue weighted by atomic mass is 10.0. The minimum atomic E-state index is 0.0522. The largest absolute Gasteiger partial charge is 0.490 e. The first-order chi connectivity index (χ1) is 9.63. The fraction of sp³-hybridized carbons (Fsp3) is 0.533. The first kappa shape index (κ1) is 14.7. The van der Waals surface area contributed by atoms with E-state index in [2.05, 4.69) is 24.1 Å². The van der Waals surface area contributed by atoms with Crippen molar-refractivity contribution in [1.82, 2.24) is 4.90 Å². The molecule has 0 aliphatic carbocycles. The third-order valence-electron chi connectivity index (χ3n) is 3.69. The average Bonchev–Trinajstić information content (AvgIpc) is 2.44. The molecular weight excluding hydrogens is 254 g/mol. The Morgan fingerprint density at radius 1 is 1.30 bits per heavy atom. The second-order valence-electron chi connectivity index (χ2n) is 4.97. The van der Waals surface area contributed by atoms with Crippen LogP contribution in [0, 0.1) is 0 Å². The SMILES string of the molecule is CCN(CC)CCOc1cc2c(cc1N)CCC(=O)N2. The number of carbonyl (C=O) groups excluding carboxylic acids is 1. The number of likely N-dealkylation sites (N-methyl/N-ethyl adjacent to an activating group) is 1. The van der Waals surface area contributed by atoms with Crippen LogP contribution in [0.1, 0.15) is 25.8 Å². The average molecular weight is 277 g/mol. The maximum absolute atomic E-state index is 11.4. The first-order valence-electron chi connectivity index (χ1n) is 7.21. The fourth-order valence-corrected chi connectivity index (χ4v) is 2.38. The molecule has 0 spiro atoms. The molecule has 1 aromatic carbocycles. The van der Waals surface area contributed by atoms with E-state index < -0.39 is 0 Å². The highest BCUT2D eigenvalue weighted by atomic mass is 16.5. The van der Waals surface area contributed by atoms with E-state index in [0.29, 0.717) is 24.5 Å². The molecule has 0 saturated carbocycles. The molecule has 3 N–H and O–H groups in total. The van der Waals surface area contributed by atoms with Crippen molar-refractivity contribution in [3.63, 3.8) is 0 Å². The third kappa shape index (κ3) is 3.42. The van der Waals surface area contributed by atoms with Crippen LogP contribution in [0.3, 0.4) is 0 Å². The molecule has 0 unspecified atom stereocenters. The van der Waals surface area contributed by atoms with Gasteiger partial charge in [-0.2, -0.15) is 0 Å². The Hall–Kier alpha value is -1.75. The highest BCUT2D eigenvalue weighted by Gasteiger charge is 2.17. The Kier molecular flexibility index (Phi) is 4.84. The highest BCUT2D eigenvalue weighted by molar-refractivity contribution is 5.94. The van der Waals surface area contributed by atoms with Gasteiger partial charge >= 0.3 is 0 Å². The second-order valence-corrected chi connectivity index (χ2v) is 4.97. The van der Waals surface area contributed by atoms with Gasteiger partial charge in [0, 0.05) is 24.7 Å². The van der Waals surface area contributed by atoms with Gasteiger partial charge in [-0.3, -0.25) is 4.79 Å².